The van der Waals surface area contributed by atoms with Gasteiger partial charge in [0, 0.05) is 0 Å². The molecule has 0 amide bonds. The molecule has 0 bridgehead atoms. The minimum atomic E-state index is 0.884. The summed E-state index contributed by atoms with van der Waals surface area (Å²) in [6.45, 7) is 7.16. The lowest BCUT2D eigenvalue weighted by Gasteiger charge is -2.22. The molecule has 0 saturated carbocycles. The molecule has 2 nitrogen and oxygen atoms in total. The van der Waals surface area contributed by atoms with Crippen LogP contribution in [0.4, 0.5) is 0 Å². The quantitative estimate of drug-likeness (QED) is 0.613. The molecule has 0 aliphatic carbocycles. The van der Waals surface area contributed by atoms with Crippen molar-refractivity contribution in [1.82, 2.24) is 10.6 Å². The fourth-order valence-corrected chi connectivity index (χ4v) is 2.08. The maximum Gasteiger partial charge on any atom is -0.000837 e. The third kappa shape index (κ3) is 5.61. The molecule has 14 heavy (non-hydrogen) atoms. The van der Waals surface area contributed by atoms with Crippen LogP contribution in [0, 0.1) is 5.92 Å². The van der Waals surface area contributed by atoms with Gasteiger partial charge in [-0.05, 0) is 51.4 Å². The lowest BCUT2D eigenvalue weighted by atomic mass is 10.00. The number of rotatable bonds is 7. The van der Waals surface area contributed by atoms with E-state index in [4.69, 9.17) is 0 Å². The van der Waals surface area contributed by atoms with Gasteiger partial charge in [0.1, 0.15) is 0 Å². The number of piperidine rings is 1. The van der Waals surface area contributed by atoms with Gasteiger partial charge < -0.3 is 10.6 Å². The lowest BCUT2D eigenvalue weighted by Crippen LogP contribution is -2.36. The first-order valence-electron chi connectivity index (χ1n) is 6.35. The molecule has 1 atom stereocenters. The predicted molar refractivity (Wildman–Crippen MR) is 62.6 cm³/mol. The van der Waals surface area contributed by atoms with Crippen LogP contribution in [0.2, 0.25) is 0 Å². The Labute approximate surface area is 88.8 Å². The van der Waals surface area contributed by atoms with Gasteiger partial charge in [0.25, 0.3) is 0 Å². The molecular formula is C12H26N2. The Bertz CT molecular complexity index is 119. The van der Waals surface area contributed by atoms with Crippen molar-refractivity contribution in [3.05, 3.63) is 0 Å². The average Bonchev–Trinajstić information content (AvgIpc) is 2.25. The fraction of sp³-hybridized carbons (Fsp3) is 1.00. The maximum atomic E-state index is 3.57. The number of nitrogens with one attached hydrogen (secondary N) is 2. The highest BCUT2D eigenvalue weighted by Crippen LogP contribution is 2.08. The van der Waals surface area contributed by atoms with E-state index in [2.05, 4.69) is 17.6 Å². The normalized spacial score (nSPS) is 22.5. The minimum absolute atomic E-state index is 0.884. The van der Waals surface area contributed by atoms with E-state index in [1.165, 1.54) is 64.7 Å². The van der Waals surface area contributed by atoms with E-state index >= 15 is 0 Å². The molecule has 0 spiro atoms. The van der Waals surface area contributed by atoms with Crippen LogP contribution < -0.4 is 10.6 Å². The van der Waals surface area contributed by atoms with E-state index in [1.807, 2.05) is 0 Å². The zero-order chi connectivity index (χ0) is 10.1. The van der Waals surface area contributed by atoms with Gasteiger partial charge >= 0.3 is 0 Å². The zero-order valence-corrected chi connectivity index (χ0v) is 9.65. The second kappa shape index (κ2) is 8.25. The van der Waals surface area contributed by atoms with Crippen LogP contribution in [0.15, 0.2) is 0 Å². The first-order valence-corrected chi connectivity index (χ1v) is 6.35. The summed E-state index contributed by atoms with van der Waals surface area (Å²) >= 11 is 0. The molecule has 1 aliphatic heterocycles. The van der Waals surface area contributed by atoms with Crippen molar-refractivity contribution in [2.75, 3.05) is 26.2 Å². The largest absolute Gasteiger partial charge is 0.316 e. The molecule has 84 valence electrons. The highest BCUT2D eigenvalue weighted by Gasteiger charge is 2.11. The van der Waals surface area contributed by atoms with Crippen LogP contribution in [0.25, 0.3) is 0 Å². The van der Waals surface area contributed by atoms with Crippen LogP contribution >= 0.6 is 0 Å². The van der Waals surface area contributed by atoms with Crippen LogP contribution in [0.5, 0.6) is 0 Å². The molecule has 0 radical (unpaired) electrons. The first kappa shape index (κ1) is 12.0. The van der Waals surface area contributed by atoms with Crippen molar-refractivity contribution in [3.8, 4) is 0 Å². The Morgan fingerprint density at radius 1 is 1.29 bits per heavy atom. The summed E-state index contributed by atoms with van der Waals surface area (Å²) in [4.78, 5) is 0. The molecular weight excluding hydrogens is 172 g/mol. The Balaban J connectivity index is 1.82. The SMILES string of the molecule is CCCCCCNCC1CCCNC1. The summed E-state index contributed by atoms with van der Waals surface area (Å²) in [5.74, 6) is 0.884. The van der Waals surface area contributed by atoms with Gasteiger partial charge in [0.2, 0.25) is 0 Å². The molecule has 1 heterocycles. The second-order valence-corrected chi connectivity index (χ2v) is 4.48. The van der Waals surface area contributed by atoms with Crippen LogP contribution in [-0.4, -0.2) is 26.2 Å². The summed E-state index contributed by atoms with van der Waals surface area (Å²) in [5.41, 5.74) is 0. The van der Waals surface area contributed by atoms with Gasteiger partial charge in [-0.1, -0.05) is 26.2 Å². The van der Waals surface area contributed by atoms with Gasteiger partial charge in [-0.2, -0.15) is 0 Å². The third-order valence-electron chi connectivity index (χ3n) is 3.04. The van der Waals surface area contributed by atoms with Gasteiger partial charge in [0.05, 0.1) is 0 Å². The molecule has 2 N–H and O–H groups in total. The molecule has 1 fully saturated rings. The van der Waals surface area contributed by atoms with E-state index in [0.29, 0.717) is 0 Å². The molecule has 1 aliphatic rings. The van der Waals surface area contributed by atoms with Gasteiger partial charge in [0.15, 0.2) is 0 Å². The van der Waals surface area contributed by atoms with E-state index < -0.39 is 0 Å². The summed E-state index contributed by atoms with van der Waals surface area (Å²) in [6.07, 6.45) is 8.26. The smallest absolute Gasteiger partial charge is 0.000837 e. The summed E-state index contributed by atoms with van der Waals surface area (Å²) < 4.78 is 0. The average molecular weight is 198 g/mol. The number of hydrogen-bond acceptors (Lipinski definition) is 2. The van der Waals surface area contributed by atoms with Crippen LogP contribution in [-0.2, 0) is 0 Å². The van der Waals surface area contributed by atoms with Crippen molar-refractivity contribution >= 4 is 0 Å². The zero-order valence-electron chi connectivity index (χ0n) is 9.65. The number of unbranched alkanes of at least 4 members (excludes halogenated alkanes) is 3. The van der Waals surface area contributed by atoms with Crippen molar-refractivity contribution < 1.29 is 0 Å². The van der Waals surface area contributed by atoms with Crippen LogP contribution in [0.1, 0.15) is 45.4 Å². The van der Waals surface area contributed by atoms with E-state index in [1.54, 1.807) is 0 Å². The highest BCUT2D eigenvalue weighted by molar-refractivity contribution is 4.70. The Hall–Kier alpha value is -0.0800. The molecule has 2 heteroatoms. The molecule has 0 aromatic rings. The topological polar surface area (TPSA) is 24.1 Å². The lowest BCUT2D eigenvalue weighted by molar-refractivity contribution is 0.359. The van der Waals surface area contributed by atoms with Crippen molar-refractivity contribution in [3.63, 3.8) is 0 Å². The van der Waals surface area contributed by atoms with Crippen molar-refractivity contribution in [1.29, 1.82) is 0 Å². The molecule has 1 saturated heterocycles. The Morgan fingerprint density at radius 2 is 2.21 bits per heavy atom. The second-order valence-electron chi connectivity index (χ2n) is 4.48. The van der Waals surface area contributed by atoms with Gasteiger partial charge in [-0.3, -0.25) is 0 Å². The van der Waals surface area contributed by atoms with Gasteiger partial charge in [-0.15, -0.1) is 0 Å². The monoisotopic (exact) mass is 198 g/mol. The Morgan fingerprint density at radius 3 is 2.93 bits per heavy atom. The molecule has 0 aromatic heterocycles. The highest BCUT2D eigenvalue weighted by atomic mass is 14.9. The molecule has 0 aromatic carbocycles. The third-order valence-corrected chi connectivity index (χ3v) is 3.04. The van der Waals surface area contributed by atoms with Crippen molar-refractivity contribution in [2.45, 2.75) is 45.4 Å². The summed E-state index contributed by atoms with van der Waals surface area (Å²) in [5, 5.41) is 7.03. The van der Waals surface area contributed by atoms with Crippen molar-refractivity contribution in [2.24, 2.45) is 5.92 Å². The van der Waals surface area contributed by atoms with E-state index in [9.17, 15) is 0 Å². The number of hydrogen-bond donors (Lipinski definition) is 2. The molecule has 1 rings (SSSR count). The van der Waals surface area contributed by atoms with E-state index in [-0.39, 0.29) is 0 Å². The summed E-state index contributed by atoms with van der Waals surface area (Å²) in [7, 11) is 0. The standard InChI is InChI=1S/C12H26N2/c1-2-3-4-5-8-13-10-12-7-6-9-14-11-12/h12-14H,2-11H2,1H3. The molecule has 1 unspecified atom stereocenters. The maximum absolute atomic E-state index is 3.57. The van der Waals surface area contributed by atoms with Crippen LogP contribution in [0.3, 0.4) is 0 Å². The summed E-state index contributed by atoms with van der Waals surface area (Å²) in [6, 6.07) is 0. The Kier molecular flexibility index (Phi) is 7.06. The predicted octanol–water partition coefficient (Wildman–Crippen LogP) is 2.16. The minimum Gasteiger partial charge on any atom is -0.316 e. The first-order chi connectivity index (χ1) is 6.93. The van der Waals surface area contributed by atoms with Gasteiger partial charge in [-0.25, -0.2) is 0 Å². The fourth-order valence-electron chi connectivity index (χ4n) is 2.08. The van der Waals surface area contributed by atoms with E-state index in [0.717, 1.165) is 5.92 Å².